The van der Waals surface area contributed by atoms with Crippen LogP contribution in [0.15, 0.2) is 0 Å². The van der Waals surface area contributed by atoms with Gasteiger partial charge < -0.3 is 15.3 Å². The molecule has 0 saturated heterocycles. The van der Waals surface area contributed by atoms with Crippen LogP contribution >= 0.6 is 0 Å². The molecular formula is C9H22N2O2. The van der Waals surface area contributed by atoms with Crippen molar-refractivity contribution in [2.45, 2.75) is 27.7 Å². The Morgan fingerprint density at radius 1 is 1.15 bits per heavy atom. The topological polar surface area (TPSA) is 52.6 Å². The number of hydrogen-bond acceptors (Lipinski definition) is 2. The van der Waals surface area contributed by atoms with Crippen LogP contribution in [0.4, 0.5) is 4.79 Å². The summed E-state index contributed by atoms with van der Waals surface area (Å²) in [5.74, 6) is 0. The number of amides is 1. The van der Waals surface area contributed by atoms with E-state index in [1.54, 1.807) is 0 Å². The molecule has 0 fully saturated rings. The van der Waals surface area contributed by atoms with Crippen molar-refractivity contribution in [2.24, 2.45) is 0 Å². The Hall–Kier alpha value is -0.770. The second kappa shape index (κ2) is 11.2. The normalized spacial score (nSPS) is 8.62. The fourth-order valence-corrected chi connectivity index (χ4v) is 0.744. The van der Waals surface area contributed by atoms with Crippen LogP contribution in [0.3, 0.4) is 0 Å². The molecule has 1 amide bonds. The summed E-state index contributed by atoms with van der Waals surface area (Å²) < 4.78 is 0. The van der Waals surface area contributed by atoms with Crippen molar-refractivity contribution in [1.29, 1.82) is 0 Å². The zero-order chi connectivity index (χ0) is 10.7. The van der Waals surface area contributed by atoms with Gasteiger partial charge in [0, 0.05) is 13.1 Å². The molecule has 80 valence electrons. The van der Waals surface area contributed by atoms with Crippen LogP contribution in [0.5, 0.6) is 0 Å². The first-order chi connectivity index (χ1) is 6.13. The lowest BCUT2D eigenvalue weighted by Crippen LogP contribution is -2.28. The van der Waals surface area contributed by atoms with Crippen molar-refractivity contribution in [3.63, 3.8) is 0 Å². The molecule has 0 rings (SSSR count). The average Bonchev–Trinajstić information content (AvgIpc) is 2.08. The number of hydrogen-bond donors (Lipinski definition) is 2. The SMILES string of the molecule is CCN(CC)C(=O)O.CCNCC. The second-order valence-corrected chi connectivity index (χ2v) is 2.41. The van der Waals surface area contributed by atoms with Crippen molar-refractivity contribution >= 4 is 6.09 Å². The van der Waals surface area contributed by atoms with Gasteiger partial charge in [0.05, 0.1) is 0 Å². The second-order valence-electron chi connectivity index (χ2n) is 2.41. The molecule has 0 aromatic rings. The summed E-state index contributed by atoms with van der Waals surface area (Å²) in [5.41, 5.74) is 0. The summed E-state index contributed by atoms with van der Waals surface area (Å²) in [4.78, 5) is 11.4. The predicted octanol–water partition coefficient (Wildman–Crippen LogP) is 1.62. The quantitative estimate of drug-likeness (QED) is 0.708. The van der Waals surface area contributed by atoms with Crippen molar-refractivity contribution in [3.05, 3.63) is 0 Å². The van der Waals surface area contributed by atoms with Crippen LogP contribution in [0, 0.1) is 0 Å². The lowest BCUT2D eigenvalue weighted by Gasteiger charge is -2.12. The summed E-state index contributed by atoms with van der Waals surface area (Å²) in [7, 11) is 0. The lowest BCUT2D eigenvalue weighted by atomic mass is 10.6. The highest BCUT2D eigenvalue weighted by molar-refractivity contribution is 5.64. The van der Waals surface area contributed by atoms with Crippen LogP contribution in [-0.4, -0.2) is 42.3 Å². The number of nitrogens with zero attached hydrogens (tertiary/aromatic N) is 1. The Labute approximate surface area is 80.9 Å². The first kappa shape index (κ1) is 14.7. The minimum atomic E-state index is -0.838. The fourth-order valence-electron chi connectivity index (χ4n) is 0.744. The van der Waals surface area contributed by atoms with E-state index >= 15 is 0 Å². The van der Waals surface area contributed by atoms with Gasteiger partial charge in [-0.3, -0.25) is 0 Å². The van der Waals surface area contributed by atoms with Gasteiger partial charge in [-0.1, -0.05) is 13.8 Å². The molecule has 0 spiro atoms. The first-order valence-corrected chi connectivity index (χ1v) is 4.82. The van der Waals surface area contributed by atoms with E-state index in [1.165, 1.54) is 4.90 Å². The highest BCUT2D eigenvalue weighted by Crippen LogP contribution is 1.84. The molecule has 0 aliphatic rings. The largest absolute Gasteiger partial charge is 0.465 e. The maximum Gasteiger partial charge on any atom is 0.407 e. The molecule has 0 radical (unpaired) electrons. The molecule has 2 N–H and O–H groups in total. The van der Waals surface area contributed by atoms with Crippen LogP contribution in [-0.2, 0) is 0 Å². The minimum absolute atomic E-state index is 0.575. The van der Waals surface area contributed by atoms with E-state index in [9.17, 15) is 4.79 Å². The summed E-state index contributed by atoms with van der Waals surface area (Å²) in [6.07, 6.45) is -0.838. The van der Waals surface area contributed by atoms with Crippen molar-refractivity contribution in [1.82, 2.24) is 10.2 Å². The molecular weight excluding hydrogens is 168 g/mol. The van der Waals surface area contributed by atoms with E-state index in [1.807, 2.05) is 13.8 Å². The van der Waals surface area contributed by atoms with Crippen LogP contribution < -0.4 is 5.32 Å². The average molecular weight is 190 g/mol. The monoisotopic (exact) mass is 190 g/mol. The zero-order valence-corrected chi connectivity index (χ0v) is 9.13. The van der Waals surface area contributed by atoms with Crippen molar-refractivity contribution in [2.75, 3.05) is 26.2 Å². The van der Waals surface area contributed by atoms with Gasteiger partial charge in [0.15, 0.2) is 0 Å². The Morgan fingerprint density at radius 2 is 1.54 bits per heavy atom. The molecule has 0 aliphatic carbocycles. The maximum atomic E-state index is 10.1. The molecule has 13 heavy (non-hydrogen) atoms. The number of nitrogens with one attached hydrogen (secondary N) is 1. The van der Waals surface area contributed by atoms with Gasteiger partial charge in [0.1, 0.15) is 0 Å². The van der Waals surface area contributed by atoms with E-state index in [0.717, 1.165) is 13.1 Å². The standard InChI is InChI=1S/C5H11NO2.C4H11N/c1-3-6(4-2)5(7)8;1-3-5-4-2/h3-4H2,1-2H3,(H,7,8);5H,3-4H2,1-2H3. The highest BCUT2D eigenvalue weighted by Gasteiger charge is 2.02. The third-order valence-corrected chi connectivity index (χ3v) is 1.53. The number of carbonyl (C=O) groups is 1. The lowest BCUT2D eigenvalue weighted by molar-refractivity contribution is 0.150. The van der Waals surface area contributed by atoms with Gasteiger partial charge in [-0.25, -0.2) is 4.79 Å². The van der Waals surface area contributed by atoms with E-state index in [4.69, 9.17) is 5.11 Å². The van der Waals surface area contributed by atoms with Gasteiger partial charge in [-0.05, 0) is 26.9 Å². The van der Waals surface area contributed by atoms with Crippen molar-refractivity contribution < 1.29 is 9.90 Å². The van der Waals surface area contributed by atoms with Gasteiger partial charge in [-0.2, -0.15) is 0 Å². The molecule has 0 aromatic carbocycles. The van der Waals surface area contributed by atoms with Crippen LogP contribution in [0.1, 0.15) is 27.7 Å². The molecule has 0 aliphatic heterocycles. The van der Waals surface area contributed by atoms with E-state index in [-0.39, 0.29) is 0 Å². The van der Waals surface area contributed by atoms with Gasteiger partial charge in [0.25, 0.3) is 0 Å². The van der Waals surface area contributed by atoms with E-state index in [0.29, 0.717) is 13.1 Å². The fraction of sp³-hybridized carbons (Fsp3) is 0.889. The van der Waals surface area contributed by atoms with Gasteiger partial charge in [0.2, 0.25) is 0 Å². The summed E-state index contributed by atoms with van der Waals surface area (Å²) in [6, 6.07) is 0. The molecule has 0 aromatic heterocycles. The smallest absolute Gasteiger partial charge is 0.407 e. The zero-order valence-electron chi connectivity index (χ0n) is 9.13. The maximum absolute atomic E-state index is 10.1. The first-order valence-electron chi connectivity index (χ1n) is 4.82. The van der Waals surface area contributed by atoms with Crippen LogP contribution in [0.2, 0.25) is 0 Å². The Kier molecular flexibility index (Phi) is 12.7. The third-order valence-electron chi connectivity index (χ3n) is 1.53. The molecule has 0 bridgehead atoms. The van der Waals surface area contributed by atoms with Crippen LogP contribution in [0.25, 0.3) is 0 Å². The number of carboxylic acid groups (broad SMARTS) is 1. The molecule has 0 atom stereocenters. The number of rotatable bonds is 4. The Bertz CT molecular complexity index is 112. The minimum Gasteiger partial charge on any atom is -0.465 e. The van der Waals surface area contributed by atoms with Crippen molar-refractivity contribution in [3.8, 4) is 0 Å². The van der Waals surface area contributed by atoms with E-state index in [2.05, 4.69) is 19.2 Å². The summed E-state index contributed by atoms with van der Waals surface area (Å²) >= 11 is 0. The van der Waals surface area contributed by atoms with E-state index < -0.39 is 6.09 Å². The molecule has 0 heterocycles. The highest BCUT2D eigenvalue weighted by atomic mass is 16.4. The molecule has 0 unspecified atom stereocenters. The third kappa shape index (κ3) is 11.2. The van der Waals surface area contributed by atoms with Gasteiger partial charge >= 0.3 is 6.09 Å². The Morgan fingerprint density at radius 3 is 1.54 bits per heavy atom. The summed E-state index contributed by atoms with van der Waals surface area (Å²) in [6.45, 7) is 11.2. The van der Waals surface area contributed by atoms with Gasteiger partial charge in [-0.15, -0.1) is 0 Å². The Balaban J connectivity index is 0. The molecule has 4 nitrogen and oxygen atoms in total. The molecule has 4 heteroatoms. The molecule has 0 saturated carbocycles. The summed E-state index contributed by atoms with van der Waals surface area (Å²) in [5, 5.41) is 11.4. The predicted molar refractivity (Wildman–Crippen MR) is 55.2 cm³/mol.